The van der Waals surface area contributed by atoms with Gasteiger partial charge in [-0.3, -0.25) is 4.79 Å². The lowest BCUT2D eigenvalue weighted by Gasteiger charge is -2.12. The van der Waals surface area contributed by atoms with Crippen LogP contribution in [0.1, 0.15) is 48.7 Å². The van der Waals surface area contributed by atoms with Crippen LogP contribution >= 0.6 is 11.3 Å². The van der Waals surface area contributed by atoms with E-state index in [1.807, 2.05) is 54.8 Å². The van der Waals surface area contributed by atoms with Gasteiger partial charge in [-0.05, 0) is 41.5 Å². The second-order valence-electron chi connectivity index (χ2n) is 6.37. The lowest BCUT2D eigenvalue weighted by atomic mass is 10.0. The SMILES string of the molecule is CC(C)c1ccc(/C=C(\C#N)C(=O)OCC(=O)N[C@@H](C)c2cccs2)cc1. The highest BCUT2D eigenvalue weighted by molar-refractivity contribution is 7.10. The van der Waals surface area contributed by atoms with E-state index in [1.54, 1.807) is 0 Å². The number of amides is 1. The summed E-state index contributed by atoms with van der Waals surface area (Å²) in [4.78, 5) is 25.0. The molecule has 0 spiro atoms. The minimum absolute atomic E-state index is 0.147. The molecule has 1 aromatic carbocycles. The molecule has 0 saturated carbocycles. The molecule has 0 saturated heterocycles. The summed E-state index contributed by atoms with van der Waals surface area (Å²) in [6, 6.07) is 13.1. The Bertz CT molecular complexity index is 847. The van der Waals surface area contributed by atoms with E-state index in [0.717, 1.165) is 10.4 Å². The number of thiophene rings is 1. The quantitative estimate of drug-likeness (QED) is 0.442. The number of benzene rings is 1. The average Bonchev–Trinajstić information content (AvgIpc) is 3.19. The second-order valence-corrected chi connectivity index (χ2v) is 7.35. The summed E-state index contributed by atoms with van der Waals surface area (Å²) < 4.78 is 4.97. The molecule has 0 aliphatic rings. The fourth-order valence-electron chi connectivity index (χ4n) is 2.38. The Morgan fingerprint density at radius 1 is 1.22 bits per heavy atom. The van der Waals surface area contributed by atoms with Crippen molar-refractivity contribution < 1.29 is 14.3 Å². The molecule has 27 heavy (non-hydrogen) atoms. The van der Waals surface area contributed by atoms with Crippen molar-refractivity contribution >= 4 is 29.3 Å². The summed E-state index contributed by atoms with van der Waals surface area (Å²) >= 11 is 1.54. The lowest BCUT2D eigenvalue weighted by molar-refractivity contribution is -0.144. The van der Waals surface area contributed by atoms with Gasteiger partial charge in [-0.15, -0.1) is 11.3 Å². The zero-order chi connectivity index (χ0) is 19.8. The molecule has 2 rings (SSSR count). The van der Waals surface area contributed by atoms with Crippen molar-refractivity contribution in [3.63, 3.8) is 0 Å². The van der Waals surface area contributed by atoms with Crippen LogP contribution in [0.3, 0.4) is 0 Å². The van der Waals surface area contributed by atoms with Crippen molar-refractivity contribution in [2.45, 2.75) is 32.7 Å². The van der Waals surface area contributed by atoms with E-state index in [2.05, 4.69) is 19.2 Å². The highest BCUT2D eigenvalue weighted by Crippen LogP contribution is 2.18. The van der Waals surface area contributed by atoms with Gasteiger partial charge in [0.2, 0.25) is 0 Å². The minimum atomic E-state index is -0.815. The van der Waals surface area contributed by atoms with Crippen LogP contribution in [0.4, 0.5) is 0 Å². The molecule has 0 radical (unpaired) electrons. The molecule has 1 aromatic heterocycles. The van der Waals surface area contributed by atoms with Crippen molar-refractivity contribution in [1.29, 1.82) is 5.26 Å². The normalized spacial score (nSPS) is 12.3. The summed E-state index contributed by atoms with van der Waals surface area (Å²) in [6.07, 6.45) is 1.46. The number of nitriles is 1. The third-order valence-electron chi connectivity index (χ3n) is 3.94. The van der Waals surface area contributed by atoms with Gasteiger partial charge >= 0.3 is 5.97 Å². The van der Waals surface area contributed by atoms with E-state index in [0.29, 0.717) is 5.92 Å². The molecular formula is C21H22N2O3S. The van der Waals surface area contributed by atoms with E-state index in [-0.39, 0.29) is 11.6 Å². The van der Waals surface area contributed by atoms with Gasteiger partial charge in [0.25, 0.3) is 5.91 Å². The first-order valence-electron chi connectivity index (χ1n) is 8.62. The first kappa shape index (κ1) is 20.4. The Labute approximate surface area is 163 Å². The molecule has 1 amide bonds. The van der Waals surface area contributed by atoms with Crippen LogP contribution < -0.4 is 5.32 Å². The number of nitrogens with one attached hydrogen (secondary N) is 1. The molecule has 1 heterocycles. The van der Waals surface area contributed by atoms with Crippen molar-refractivity contribution in [3.8, 4) is 6.07 Å². The highest BCUT2D eigenvalue weighted by Gasteiger charge is 2.15. The van der Waals surface area contributed by atoms with Gasteiger partial charge in [-0.1, -0.05) is 44.2 Å². The number of ether oxygens (including phenoxy) is 1. The van der Waals surface area contributed by atoms with Crippen LogP contribution in [0.2, 0.25) is 0 Å². The first-order valence-corrected chi connectivity index (χ1v) is 9.50. The number of nitrogens with zero attached hydrogens (tertiary/aromatic N) is 1. The average molecular weight is 382 g/mol. The molecule has 0 bridgehead atoms. The van der Waals surface area contributed by atoms with Gasteiger partial charge in [0.15, 0.2) is 6.61 Å². The van der Waals surface area contributed by atoms with Crippen LogP contribution in [-0.2, 0) is 14.3 Å². The van der Waals surface area contributed by atoms with Crippen molar-refractivity contribution in [2.75, 3.05) is 6.61 Å². The van der Waals surface area contributed by atoms with Crippen molar-refractivity contribution in [2.24, 2.45) is 0 Å². The van der Waals surface area contributed by atoms with Gasteiger partial charge in [-0.2, -0.15) is 5.26 Å². The Hall–Kier alpha value is -2.91. The third-order valence-corrected chi connectivity index (χ3v) is 4.99. The summed E-state index contributed by atoms with van der Waals surface area (Å²) in [5.74, 6) is -0.828. The Balaban J connectivity index is 1.92. The van der Waals surface area contributed by atoms with E-state index >= 15 is 0 Å². The molecule has 1 atom stereocenters. The van der Waals surface area contributed by atoms with Gasteiger partial charge in [0.05, 0.1) is 6.04 Å². The number of esters is 1. The zero-order valence-corrected chi connectivity index (χ0v) is 16.4. The molecule has 0 unspecified atom stereocenters. The zero-order valence-electron chi connectivity index (χ0n) is 15.6. The van der Waals surface area contributed by atoms with Crippen LogP contribution in [0.25, 0.3) is 6.08 Å². The molecular weight excluding hydrogens is 360 g/mol. The molecule has 5 nitrogen and oxygen atoms in total. The van der Waals surface area contributed by atoms with E-state index in [1.165, 1.54) is 23.0 Å². The molecule has 0 fully saturated rings. The Morgan fingerprint density at radius 2 is 1.93 bits per heavy atom. The molecule has 0 aliphatic carbocycles. The third kappa shape index (κ3) is 6.08. The maximum absolute atomic E-state index is 12.1. The second kappa shape index (κ2) is 9.70. The van der Waals surface area contributed by atoms with Gasteiger partial charge in [0, 0.05) is 4.88 Å². The molecule has 0 aliphatic heterocycles. The number of hydrogen-bond acceptors (Lipinski definition) is 5. The summed E-state index contributed by atoms with van der Waals surface area (Å²) in [6.45, 7) is 5.60. The van der Waals surface area contributed by atoms with E-state index in [4.69, 9.17) is 4.74 Å². The molecule has 6 heteroatoms. The number of carbonyl (C=O) groups excluding carboxylic acids is 2. The predicted octanol–water partition coefficient (Wildman–Crippen LogP) is 4.20. The standard InChI is InChI=1S/C21H22N2O3S/c1-14(2)17-8-6-16(7-9-17)11-18(12-22)21(25)26-13-20(24)23-15(3)19-5-4-10-27-19/h4-11,14-15H,13H2,1-3H3,(H,23,24)/b18-11+/t15-/m0/s1. The van der Waals surface area contributed by atoms with Crippen LogP contribution in [0.5, 0.6) is 0 Å². The summed E-state index contributed by atoms with van der Waals surface area (Å²) in [7, 11) is 0. The summed E-state index contributed by atoms with van der Waals surface area (Å²) in [5, 5.41) is 13.9. The van der Waals surface area contributed by atoms with Crippen LogP contribution in [0.15, 0.2) is 47.4 Å². The first-order chi connectivity index (χ1) is 12.9. The molecule has 1 N–H and O–H groups in total. The molecule has 140 valence electrons. The van der Waals surface area contributed by atoms with Crippen LogP contribution in [0, 0.1) is 11.3 Å². The monoisotopic (exact) mass is 382 g/mol. The number of rotatable bonds is 7. The van der Waals surface area contributed by atoms with Gasteiger partial charge in [-0.25, -0.2) is 4.79 Å². The van der Waals surface area contributed by atoms with Crippen molar-refractivity contribution in [1.82, 2.24) is 5.32 Å². The minimum Gasteiger partial charge on any atom is -0.451 e. The van der Waals surface area contributed by atoms with Crippen molar-refractivity contribution in [3.05, 3.63) is 63.4 Å². The highest BCUT2D eigenvalue weighted by atomic mass is 32.1. The maximum atomic E-state index is 12.1. The predicted molar refractivity (Wildman–Crippen MR) is 106 cm³/mol. The number of hydrogen-bond donors (Lipinski definition) is 1. The lowest BCUT2D eigenvalue weighted by Crippen LogP contribution is -2.30. The van der Waals surface area contributed by atoms with Crippen LogP contribution in [-0.4, -0.2) is 18.5 Å². The fourth-order valence-corrected chi connectivity index (χ4v) is 3.12. The van der Waals surface area contributed by atoms with Gasteiger partial charge in [0.1, 0.15) is 11.6 Å². The van der Waals surface area contributed by atoms with Gasteiger partial charge < -0.3 is 10.1 Å². The van der Waals surface area contributed by atoms with E-state index < -0.39 is 18.5 Å². The summed E-state index contributed by atoms with van der Waals surface area (Å²) in [5.41, 5.74) is 1.75. The van der Waals surface area contributed by atoms with E-state index in [9.17, 15) is 14.9 Å². The molecule has 2 aromatic rings. The topological polar surface area (TPSA) is 79.2 Å². The Kier molecular flexibility index (Phi) is 7.33. The smallest absolute Gasteiger partial charge is 0.349 e. The fraction of sp³-hybridized carbons (Fsp3) is 0.286. The largest absolute Gasteiger partial charge is 0.451 e. The Morgan fingerprint density at radius 3 is 2.48 bits per heavy atom. The maximum Gasteiger partial charge on any atom is 0.349 e. The number of carbonyl (C=O) groups is 2.